The zero-order valence-electron chi connectivity index (χ0n) is 8.37. The van der Waals surface area contributed by atoms with Crippen molar-refractivity contribution in [3.8, 4) is 0 Å². The van der Waals surface area contributed by atoms with Crippen LogP contribution in [0.15, 0.2) is 15.6 Å². The fourth-order valence-electron chi connectivity index (χ4n) is 1.01. The average molecular weight is 275 g/mol. The fourth-order valence-corrected chi connectivity index (χ4v) is 1.53. The predicted molar refractivity (Wildman–Crippen MR) is 59.9 cm³/mol. The molecule has 0 bridgehead atoms. The van der Waals surface area contributed by atoms with Crippen molar-refractivity contribution in [2.75, 3.05) is 25.5 Å². The molecule has 0 aromatic carbocycles. The molecule has 0 aliphatic carbocycles. The van der Waals surface area contributed by atoms with E-state index in [1.54, 1.807) is 19.0 Å². The molecule has 0 atom stereocenters. The van der Waals surface area contributed by atoms with Crippen molar-refractivity contribution in [1.29, 1.82) is 0 Å². The Bertz CT molecular complexity index is 417. The monoisotopic (exact) mass is 274 g/mol. The lowest BCUT2D eigenvalue weighted by Crippen LogP contribution is -2.34. The van der Waals surface area contributed by atoms with Crippen LogP contribution in [-0.2, 0) is 4.79 Å². The SMILES string of the molecule is CNC(=O)CN(C)c1nc[nH]c(=O)c1Br. The highest BCUT2D eigenvalue weighted by atomic mass is 79.9. The van der Waals surface area contributed by atoms with Gasteiger partial charge in [-0.3, -0.25) is 9.59 Å². The van der Waals surface area contributed by atoms with Gasteiger partial charge in [0.25, 0.3) is 5.56 Å². The number of carbonyl (C=O) groups is 1. The van der Waals surface area contributed by atoms with Gasteiger partial charge < -0.3 is 15.2 Å². The van der Waals surface area contributed by atoms with Gasteiger partial charge in [0.1, 0.15) is 4.47 Å². The van der Waals surface area contributed by atoms with E-state index in [4.69, 9.17) is 0 Å². The molecule has 15 heavy (non-hydrogen) atoms. The van der Waals surface area contributed by atoms with Crippen LogP contribution in [0.2, 0.25) is 0 Å². The molecule has 7 heteroatoms. The van der Waals surface area contributed by atoms with Crippen LogP contribution < -0.4 is 15.8 Å². The molecule has 82 valence electrons. The number of aromatic nitrogens is 2. The van der Waals surface area contributed by atoms with Crippen molar-refractivity contribution in [2.45, 2.75) is 0 Å². The molecule has 0 aliphatic rings. The summed E-state index contributed by atoms with van der Waals surface area (Å²) in [4.78, 5) is 30.3. The van der Waals surface area contributed by atoms with E-state index < -0.39 is 0 Å². The van der Waals surface area contributed by atoms with E-state index >= 15 is 0 Å². The summed E-state index contributed by atoms with van der Waals surface area (Å²) < 4.78 is 0.316. The molecule has 1 aromatic rings. The number of nitrogens with zero attached hydrogens (tertiary/aromatic N) is 2. The van der Waals surface area contributed by atoms with Crippen molar-refractivity contribution in [2.24, 2.45) is 0 Å². The van der Waals surface area contributed by atoms with Crippen molar-refractivity contribution >= 4 is 27.7 Å². The van der Waals surface area contributed by atoms with Crippen LogP contribution in [-0.4, -0.2) is 36.5 Å². The molecule has 2 N–H and O–H groups in total. The van der Waals surface area contributed by atoms with Crippen LogP contribution in [0.3, 0.4) is 0 Å². The van der Waals surface area contributed by atoms with E-state index in [0.717, 1.165) is 0 Å². The quantitative estimate of drug-likeness (QED) is 0.795. The Morgan fingerprint density at radius 3 is 3.00 bits per heavy atom. The van der Waals surface area contributed by atoms with E-state index in [9.17, 15) is 9.59 Å². The number of amides is 1. The number of nitrogens with one attached hydrogen (secondary N) is 2. The van der Waals surface area contributed by atoms with Crippen molar-refractivity contribution < 1.29 is 4.79 Å². The van der Waals surface area contributed by atoms with Gasteiger partial charge in [-0.1, -0.05) is 0 Å². The molecular weight excluding hydrogens is 264 g/mol. The molecule has 0 fully saturated rings. The predicted octanol–water partition coefficient (Wildman–Crippen LogP) is -0.285. The van der Waals surface area contributed by atoms with E-state index in [-0.39, 0.29) is 18.0 Å². The second kappa shape index (κ2) is 4.92. The number of carbonyl (C=O) groups excluding carboxylic acids is 1. The van der Waals surface area contributed by atoms with E-state index in [2.05, 4.69) is 31.2 Å². The first-order valence-corrected chi connectivity index (χ1v) is 5.00. The van der Waals surface area contributed by atoms with Crippen molar-refractivity contribution in [1.82, 2.24) is 15.3 Å². The van der Waals surface area contributed by atoms with Gasteiger partial charge in [0.2, 0.25) is 5.91 Å². The Hall–Kier alpha value is -1.37. The maximum absolute atomic E-state index is 11.2. The molecule has 1 amide bonds. The topological polar surface area (TPSA) is 78.1 Å². The fraction of sp³-hybridized carbons (Fsp3) is 0.375. The third-order valence-corrected chi connectivity index (χ3v) is 2.51. The summed E-state index contributed by atoms with van der Waals surface area (Å²) in [6.45, 7) is 0.144. The molecule has 0 aliphatic heterocycles. The van der Waals surface area contributed by atoms with Crippen LogP contribution in [0.25, 0.3) is 0 Å². The van der Waals surface area contributed by atoms with Gasteiger partial charge in [-0.2, -0.15) is 0 Å². The van der Waals surface area contributed by atoms with Crippen LogP contribution in [0.4, 0.5) is 5.82 Å². The summed E-state index contributed by atoms with van der Waals surface area (Å²) in [5.41, 5.74) is -0.274. The number of anilines is 1. The highest BCUT2D eigenvalue weighted by Gasteiger charge is 2.12. The number of H-pyrrole nitrogens is 1. The van der Waals surface area contributed by atoms with Crippen molar-refractivity contribution in [3.63, 3.8) is 0 Å². The molecule has 6 nitrogen and oxygen atoms in total. The van der Waals surface area contributed by atoms with Crippen LogP contribution in [0.5, 0.6) is 0 Å². The lowest BCUT2D eigenvalue weighted by molar-refractivity contribution is -0.119. The number of halogens is 1. The maximum Gasteiger partial charge on any atom is 0.267 e. The van der Waals surface area contributed by atoms with Gasteiger partial charge in [0.05, 0.1) is 12.9 Å². The minimum atomic E-state index is -0.274. The smallest absolute Gasteiger partial charge is 0.267 e. The van der Waals surface area contributed by atoms with Crippen LogP contribution in [0.1, 0.15) is 0 Å². The number of hydrogen-bond donors (Lipinski definition) is 2. The number of aromatic amines is 1. The molecule has 1 heterocycles. The second-order valence-electron chi connectivity index (χ2n) is 2.90. The lowest BCUT2D eigenvalue weighted by atomic mass is 10.4. The summed E-state index contributed by atoms with van der Waals surface area (Å²) in [6, 6.07) is 0. The van der Waals surface area contributed by atoms with Gasteiger partial charge >= 0.3 is 0 Å². The molecular formula is C8H11BrN4O2. The average Bonchev–Trinajstić information content (AvgIpc) is 2.21. The summed E-state index contributed by atoms with van der Waals surface area (Å²) in [6.07, 6.45) is 1.29. The van der Waals surface area contributed by atoms with Crippen LogP contribution in [0, 0.1) is 0 Å². The third-order valence-electron chi connectivity index (χ3n) is 1.80. The zero-order valence-corrected chi connectivity index (χ0v) is 9.96. The largest absolute Gasteiger partial charge is 0.358 e. The number of hydrogen-bond acceptors (Lipinski definition) is 4. The Balaban J connectivity index is 2.91. The van der Waals surface area contributed by atoms with E-state index in [1.807, 2.05) is 0 Å². The highest BCUT2D eigenvalue weighted by Crippen LogP contribution is 2.16. The Labute approximate surface area is 94.8 Å². The normalized spacial score (nSPS) is 9.80. The standard InChI is InChI=1S/C8H11BrN4O2/c1-10-5(14)3-13(2)7-6(9)8(15)12-4-11-7/h4H,3H2,1-2H3,(H,10,14)(H,11,12,15). The molecule has 0 unspecified atom stereocenters. The first kappa shape index (κ1) is 11.7. The Morgan fingerprint density at radius 1 is 1.73 bits per heavy atom. The van der Waals surface area contributed by atoms with Gasteiger partial charge in [0.15, 0.2) is 5.82 Å². The van der Waals surface area contributed by atoms with Gasteiger partial charge in [-0.15, -0.1) is 0 Å². The van der Waals surface area contributed by atoms with Gasteiger partial charge in [-0.25, -0.2) is 4.98 Å². The molecule has 0 saturated carbocycles. The second-order valence-corrected chi connectivity index (χ2v) is 3.69. The Kier molecular flexibility index (Phi) is 3.84. The van der Waals surface area contributed by atoms with Crippen LogP contribution >= 0.6 is 15.9 Å². The van der Waals surface area contributed by atoms with Crippen molar-refractivity contribution in [3.05, 3.63) is 21.2 Å². The minimum absolute atomic E-state index is 0.144. The van der Waals surface area contributed by atoms with E-state index in [0.29, 0.717) is 10.3 Å². The number of likely N-dealkylation sites (N-methyl/N-ethyl adjacent to an activating group) is 2. The van der Waals surface area contributed by atoms with Gasteiger partial charge in [0, 0.05) is 14.1 Å². The van der Waals surface area contributed by atoms with E-state index in [1.165, 1.54) is 6.33 Å². The summed E-state index contributed by atoms with van der Waals surface area (Å²) in [5, 5.41) is 2.49. The molecule has 0 spiro atoms. The maximum atomic E-state index is 11.2. The summed E-state index contributed by atoms with van der Waals surface area (Å²) >= 11 is 3.11. The summed E-state index contributed by atoms with van der Waals surface area (Å²) in [7, 11) is 3.23. The lowest BCUT2D eigenvalue weighted by Gasteiger charge is -2.17. The minimum Gasteiger partial charge on any atom is -0.358 e. The molecule has 1 rings (SSSR count). The molecule has 0 saturated heterocycles. The van der Waals surface area contributed by atoms with Gasteiger partial charge in [-0.05, 0) is 15.9 Å². The molecule has 1 aromatic heterocycles. The summed E-state index contributed by atoms with van der Waals surface area (Å²) in [5.74, 6) is 0.286. The third kappa shape index (κ3) is 2.79. The first-order chi connectivity index (χ1) is 7.06. The highest BCUT2D eigenvalue weighted by molar-refractivity contribution is 9.10. The molecule has 0 radical (unpaired) electrons. The zero-order chi connectivity index (χ0) is 11.4. The first-order valence-electron chi connectivity index (χ1n) is 4.21. The Morgan fingerprint density at radius 2 is 2.40 bits per heavy atom. The number of rotatable bonds is 3.